The molecule has 1 heterocycles. The molecule has 3 nitrogen and oxygen atoms in total. The molecule has 3 heteroatoms. The van der Waals surface area contributed by atoms with Crippen molar-refractivity contribution in [1.29, 1.82) is 0 Å². The van der Waals surface area contributed by atoms with Crippen LogP contribution >= 0.6 is 0 Å². The molecule has 0 aliphatic carbocycles. The Morgan fingerprint density at radius 3 is 2.65 bits per heavy atom. The van der Waals surface area contributed by atoms with Gasteiger partial charge in [-0.2, -0.15) is 5.10 Å². The van der Waals surface area contributed by atoms with Crippen LogP contribution < -0.4 is 5.73 Å². The highest BCUT2D eigenvalue weighted by molar-refractivity contribution is 5.66. The highest BCUT2D eigenvalue weighted by Gasteiger charge is 2.06. The smallest absolute Gasteiger partial charge is 0.0568 e. The molecule has 17 heavy (non-hydrogen) atoms. The molecular formula is C14H19N3. The number of anilines is 1. The summed E-state index contributed by atoms with van der Waals surface area (Å²) in [6, 6.07) is 6.57. The normalized spacial score (nSPS) is 11.1. The van der Waals surface area contributed by atoms with E-state index in [1.807, 2.05) is 16.9 Å². The average Bonchev–Trinajstić information content (AvgIpc) is 2.79. The molecule has 0 unspecified atom stereocenters. The third-order valence-corrected chi connectivity index (χ3v) is 2.99. The van der Waals surface area contributed by atoms with Crippen LogP contribution in [0.4, 0.5) is 5.69 Å². The monoisotopic (exact) mass is 229 g/mol. The first-order valence-corrected chi connectivity index (χ1v) is 6.04. The van der Waals surface area contributed by atoms with Gasteiger partial charge in [0.25, 0.3) is 0 Å². The highest BCUT2D eigenvalue weighted by Crippen LogP contribution is 2.24. The van der Waals surface area contributed by atoms with Crippen molar-refractivity contribution in [1.82, 2.24) is 9.78 Å². The fourth-order valence-electron chi connectivity index (χ4n) is 1.86. The summed E-state index contributed by atoms with van der Waals surface area (Å²) in [5.41, 5.74) is 10.3. The Kier molecular flexibility index (Phi) is 3.18. The van der Waals surface area contributed by atoms with Crippen LogP contribution in [0.5, 0.6) is 0 Å². The number of nitrogens with zero attached hydrogens (tertiary/aromatic N) is 2. The summed E-state index contributed by atoms with van der Waals surface area (Å²) >= 11 is 0. The number of rotatable bonds is 3. The quantitative estimate of drug-likeness (QED) is 0.821. The highest BCUT2D eigenvalue weighted by atomic mass is 15.3. The number of benzene rings is 1. The lowest BCUT2D eigenvalue weighted by atomic mass is 10.0. The first-order valence-electron chi connectivity index (χ1n) is 6.04. The number of nitrogens with two attached hydrogens (primary N) is 1. The second-order valence-corrected chi connectivity index (χ2v) is 4.57. The van der Waals surface area contributed by atoms with E-state index >= 15 is 0 Å². The van der Waals surface area contributed by atoms with Gasteiger partial charge in [-0.05, 0) is 43.5 Å². The SMILES string of the molecule is CCc1cc(-c2cnn(C(C)C)c2)ccc1N. The lowest BCUT2D eigenvalue weighted by molar-refractivity contribution is 0.532. The second kappa shape index (κ2) is 4.62. The molecule has 1 aromatic carbocycles. The Morgan fingerprint density at radius 1 is 1.29 bits per heavy atom. The molecule has 0 saturated carbocycles. The van der Waals surface area contributed by atoms with Crippen LogP contribution in [0.2, 0.25) is 0 Å². The van der Waals surface area contributed by atoms with E-state index in [-0.39, 0.29) is 0 Å². The first kappa shape index (κ1) is 11.7. The predicted molar refractivity (Wildman–Crippen MR) is 71.8 cm³/mol. The summed E-state index contributed by atoms with van der Waals surface area (Å²) in [6.45, 7) is 6.36. The molecule has 0 radical (unpaired) electrons. The molecule has 0 fully saturated rings. The second-order valence-electron chi connectivity index (χ2n) is 4.57. The zero-order valence-corrected chi connectivity index (χ0v) is 10.6. The molecule has 0 amide bonds. The van der Waals surface area contributed by atoms with Crippen molar-refractivity contribution >= 4 is 5.69 Å². The van der Waals surface area contributed by atoms with Gasteiger partial charge < -0.3 is 5.73 Å². The van der Waals surface area contributed by atoms with Gasteiger partial charge in [0.15, 0.2) is 0 Å². The van der Waals surface area contributed by atoms with Gasteiger partial charge in [-0.1, -0.05) is 13.0 Å². The van der Waals surface area contributed by atoms with E-state index in [1.54, 1.807) is 0 Å². The van der Waals surface area contributed by atoms with E-state index in [9.17, 15) is 0 Å². The Balaban J connectivity index is 2.38. The number of hydrogen-bond acceptors (Lipinski definition) is 2. The van der Waals surface area contributed by atoms with Crippen LogP contribution in [-0.2, 0) is 6.42 Å². The standard InChI is InChI=1S/C14H19N3/c1-4-11-7-12(5-6-14(11)15)13-8-16-17(9-13)10(2)3/h5-10H,4,15H2,1-3H3. The largest absolute Gasteiger partial charge is 0.399 e. The minimum absolute atomic E-state index is 0.392. The number of aromatic nitrogens is 2. The van der Waals surface area contributed by atoms with E-state index < -0.39 is 0 Å². The van der Waals surface area contributed by atoms with Gasteiger partial charge in [0, 0.05) is 23.5 Å². The summed E-state index contributed by atoms with van der Waals surface area (Å²) in [7, 11) is 0. The predicted octanol–water partition coefficient (Wildman–Crippen LogP) is 3.28. The molecule has 0 spiro atoms. The Bertz CT molecular complexity index is 512. The van der Waals surface area contributed by atoms with Gasteiger partial charge >= 0.3 is 0 Å². The fourth-order valence-corrected chi connectivity index (χ4v) is 1.86. The third-order valence-electron chi connectivity index (χ3n) is 2.99. The fraction of sp³-hybridized carbons (Fsp3) is 0.357. The van der Waals surface area contributed by atoms with Crippen LogP contribution in [-0.4, -0.2) is 9.78 Å². The molecule has 0 atom stereocenters. The van der Waals surface area contributed by atoms with Crippen LogP contribution in [0.3, 0.4) is 0 Å². The maximum Gasteiger partial charge on any atom is 0.0568 e. The van der Waals surface area contributed by atoms with Gasteiger partial charge in [0.05, 0.1) is 6.20 Å². The van der Waals surface area contributed by atoms with Gasteiger partial charge in [-0.25, -0.2) is 0 Å². The number of nitrogen functional groups attached to an aromatic ring is 1. The van der Waals surface area contributed by atoms with Crippen molar-refractivity contribution in [3.63, 3.8) is 0 Å². The summed E-state index contributed by atoms with van der Waals surface area (Å²) in [5, 5.41) is 4.36. The minimum atomic E-state index is 0.392. The van der Waals surface area contributed by atoms with Crippen LogP contribution in [0.15, 0.2) is 30.6 Å². The molecule has 0 saturated heterocycles. The maximum atomic E-state index is 5.91. The van der Waals surface area contributed by atoms with Crippen LogP contribution in [0, 0.1) is 0 Å². The minimum Gasteiger partial charge on any atom is -0.399 e. The topological polar surface area (TPSA) is 43.8 Å². The summed E-state index contributed by atoms with van der Waals surface area (Å²) in [5.74, 6) is 0. The number of hydrogen-bond donors (Lipinski definition) is 1. The molecule has 2 N–H and O–H groups in total. The van der Waals surface area contributed by atoms with Crippen molar-refractivity contribution < 1.29 is 0 Å². The van der Waals surface area contributed by atoms with Gasteiger partial charge in [0.1, 0.15) is 0 Å². The van der Waals surface area contributed by atoms with E-state index in [2.05, 4.69) is 44.2 Å². The Morgan fingerprint density at radius 2 is 2.06 bits per heavy atom. The molecule has 0 aliphatic rings. The first-order chi connectivity index (χ1) is 8.11. The lowest BCUT2D eigenvalue weighted by Crippen LogP contribution is -1.99. The van der Waals surface area contributed by atoms with Gasteiger partial charge in [-0.15, -0.1) is 0 Å². The van der Waals surface area contributed by atoms with Crippen molar-refractivity contribution in [2.24, 2.45) is 0 Å². The molecule has 0 aliphatic heterocycles. The van der Waals surface area contributed by atoms with Crippen LogP contribution in [0.1, 0.15) is 32.4 Å². The van der Waals surface area contributed by atoms with Crippen molar-refractivity contribution in [3.05, 3.63) is 36.2 Å². The molecule has 0 bridgehead atoms. The molecule has 1 aromatic heterocycles. The zero-order chi connectivity index (χ0) is 12.4. The summed E-state index contributed by atoms with van der Waals surface area (Å²) in [6.07, 6.45) is 4.94. The van der Waals surface area contributed by atoms with E-state index in [0.29, 0.717) is 6.04 Å². The van der Waals surface area contributed by atoms with E-state index in [0.717, 1.165) is 17.7 Å². The van der Waals surface area contributed by atoms with Crippen molar-refractivity contribution in [3.8, 4) is 11.1 Å². The molecule has 2 aromatic rings. The molecule has 90 valence electrons. The summed E-state index contributed by atoms with van der Waals surface area (Å²) < 4.78 is 1.97. The van der Waals surface area contributed by atoms with E-state index in [4.69, 9.17) is 5.73 Å². The van der Waals surface area contributed by atoms with Crippen LogP contribution in [0.25, 0.3) is 11.1 Å². The Hall–Kier alpha value is -1.77. The maximum absolute atomic E-state index is 5.91. The molecule has 2 rings (SSSR count). The van der Waals surface area contributed by atoms with E-state index in [1.165, 1.54) is 11.1 Å². The third kappa shape index (κ3) is 2.33. The summed E-state index contributed by atoms with van der Waals surface area (Å²) in [4.78, 5) is 0. The van der Waals surface area contributed by atoms with Crippen molar-refractivity contribution in [2.45, 2.75) is 33.2 Å². The lowest BCUT2D eigenvalue weighted by Gasteiger charge is -2.06. The average molecular weight is 229 g/mol. The van der Waals surface area contributed by atoms with Crippen molar-refractivity contribution in [2.75, 3.05) is 5.73 Å². The molecular weight excluding hydrogens is 210 g/mol. The zero-order valence-electron chi connectivity index (χ0n) is 10.6. The van der Waals surface area contributed by atoms with Gasteiger partial charge in [0.2, 0.25) is 0 Å². The Labute approximate surface area is 102 Å². The number of aryl methyl sites for hydroxylation is 1. The van der Waals surface area contributed by atoms with Gasteiger partial charge in [-0.3, -0.25) is 4.68 Å².